The molecular formula is C29H29F3N6O2S. The maximum Gasteiger partial charge on any atom is 0.573 e. The first-order valence-electron chi connectivity index (χ1n) is 12.7. The van der Waals surface area contributed by atoms with E-state index in [1.165, 1.54) is 30.2 Å². The Kier molecular flexibility index (Phi) is 9.46. The second-order valence-electron chi connectivity index (χ2n) is 9.27. The molecule has 0 spiro atoms. The average Bonchev–Trinajstić information content (AvgIpc) is 3.23. The van der Waals surface area contributed by atoms with Gasteiger partial charge in [0.2, 0.25) is 0 Å². The fourth-order valence-corrected chi connectivity index (χ4v) is 5.09. The van der Waals surface area contributed by atoms with Crippen LogP contribution in [-0.2, 0) is 6.42 Å². The summed E-state index contributed by atoms with van der Waals surface area (Å²) >= 11 is 1.45. The van der Waals surface area contributed by atoms with Gasteiger partial charge in [-0.15, -0.1) is 18.3 Å². The number of aliphatic hydroxyl groups is 1. The Balaban J connectivity index is 1.41. The average molecular weight is 583 g/mol. The lowest BCUT2D eigenvalue weighted by atomic mass is 10.1. The van der Waals surface area contributed by atoms with Gasteiger partial charge in [-0.2, -0.15) is 5.10 Å². The lowest BCUT2D eigenvalue weighted by Gasteiger charge is -2.32. The largest absolute Gasteiger partial charge is 0.573 e. The minimum atomic E-state index is -4.75. The Morgan fingerprint density at radius 3 is 2.49 bits per heavy atom. The monoisotopic (exact) mass is 582 g/mol. The van der Waals surface area contributed by atoms with Crippen molar-refractivity contribution in [1.29, 1.82) is 0 Å². The van der Waals surface area contributed by atoms with Crippen LogP contribution in [0.4, 0.5) is 24.5 Å². The molecule has 0 amide bonds. The van der Waals surface area contributed by atoms with Crippen LogP contribution in [0.3, 0.4) is 0 Å². The number of aryl methyl sites for hydroxylation is 1. The van der Waals surface area contributed by atoms with Gasteiger partial charge in [0.25, 0.3) is 0 Å². The van der Waals surface area contributed by atoms with E-state index in [9.17, 15) is 18.3 Å². The number of hydrogen-bond acceptors (Lipinski definition) is 6. The summed E-state index contributed by atoms with van der Waals surface area (Å²) in [5, 5.41) is 20.3. The first-order valence-corrected chi connectivity index (χ1v) is 13.7. The molecule has 214 valence electrons. The van der Waals surface area contributed by atoms with Crippen LogP contribution in [0.25, 0.3) is 0 Å². The smallest absolute Gasteiger partial charge is 0.406 e. The SMILES string of the molecule is CCCc1ccccc1N1/C(=N/N=C/c2ccc(C(N)=NC=Nc3ccc(OC(F)(F)F)cc3)cc2)SCC1(C)O. The highest BCUT2D eigenvalue weighted by Crippen LogP contribution is 2.38. The number of nitrogens with two attached hydrogens (primary N) is 1. The van der Waals surface area contributed by atoms with E-state index in [-0.39, 0.29) is 11.6 Å². The Labute approximate surface area is 240 Å². The molecular weight excluding hydrogens is 553 g/mol. The summed E-state index contributed by atoms with van der Waals surface area (Å²) in [6.07, 6.45) is -0.0402. The van der Waals surface area contributed by atoms with Gasteiger partial charge < -0.3 is 15.6 Å². The highest BCUT2D eigenvalue weighted by molar-refractivity contribution is 8.14. The van der Waals surface area contributed by atoms with Gasteiger partial charge in [-0.25, -0.2) is 9.98 Å². The summed E-state index contributed by atoms with van der Waals surface area (Å²) in [7, 11) is 0. The van der Waals surface area contributed by atoms with Crippen LogP contribution in [0.2, 0.25) is 0 Å². The van der Waals surface area contributed by atoms with Gasteiger partial charge in [0, 0.05) is 17.0 Å². The number of nitrogens with zero attached hydrogens (tertiary/aromatic N) is 5. The van der Waals surface area contributed by atoms with Gasteiger partial charge in [0.05, 0.1) is 11.9 Å². The Hall–Kier alpha value is -4.16. The number of benzene rings is 3. The third-order valence-corrected chi connectivity index (χ3v) is 7.14. The maximum absolute atomic E-state index is 12.3. The number of para-hydroxylation sites is 1. The van der Waals surface area contributed by atoms with Crippen molar-refractivity contribution in [3.63, 3.8) is 0 Å². The molecule has 1 heterocycles. The molecule has 1 saturated heterocycles. The zero-order valence-electron chi connectivity index (χ0n) is 22.4. The van der Waals surface area contributed by atoms with Crippen LogP contribution < -0.4 is 15.4 Å². The highest BCUT2D eigenvalue weighted by atomic mass is 32.2. The second kappa shape index (κ2) is 13.0. The summed E-state index contributed by atoms with van der Waals surface area (Å²) < 4.78 is 40.6. The number of thioether (sulfide) groups is 1. The topological polar surface area (TPSA) is 108 Å². The number of aliphatic imine (C=N–C) groups is 2. The van der Waals surface area contributed by atoms with E-state index < -0.39 is 12.1 Å². The predicted molar refractivity (Wildman–Crippen MR) is 159 cm³/mol. The summed E-state index contributed by atoms with van der Waals surface area (Å²) in [6.45, 7) is 3.89. The van der Waals surface area contributed by atoms with Gasteiger partial charge in [-0.05, 0) is 54.8 Å². The fourth-order valence-electron chi connectivity index (χ4n) is 4.03. The van der Waals surface area contributed by atoms with Gasteiger partial charge in [-0.1, -0.05) is 67.6 Å². The molecule has 0 saturated carbocycles. The quantitative estimate of drug-likeness (QED) is 0.176. The molecule has 0 radical (unpaired) electrons. The molecule has 1 unspecified atom stereocenters. The summed E-state index contributed by atoms with van der Waals surface area (Å²) in [4.78, 5) is 10.0. The van der Waals surface area contributed by atoms with Gasteiger partial charge in [-0.3, -0.25) is 4.90 Å². The van der Waals surface area contributed by atoms with Crippen LogP contribution in [0.5, 0.6) is 5.75 Å². The molecule has 1 fully saturated rings. The van der Waals surface area contributed by atoms with Crippen LogP contribution >= 0.6 is 11.8 Å². The standard InChI is InChI=1S/C29H29F3N6O2S/c1-3-6-21-7-4-5-8-25(21)38-27(41-18-28(38,2)39)37-36-17-20-9-11-22(12-10-20)26(33)35-19-34-23-13-15-24(16-14-23)40-29(30,31)32/h4-5,7-17,19,39H,3,6,18H2,1-2H3,(H2,33,34,35)/b36-17+,37-27-. The second-order valence-corrected chi connectivity index (χ2v) is 10.2. The van der Waals surface area contributed by atoms with Crippen molar-refractivity contribution < 1.29 is 23.0 Å². The number of amidine groups is 2. The van der Waals surface area contributed by atoms with E-state index in [1.54, 1.807) is 25.3 Å². The van der Waals surface area contributed by atoms with Crippen LogP contribution in [0.15, 0.2) is 93.0 Å². The maximum atomic E-state index is 12.3. The normalized spacial score (nSPS) is 19.1. The summed E-state index contributed by atoms with van der Waals surface area (Å²) in [6, 6.07) is 20.2. The minimum absolute atomic E-state index is 0.209. The molecule has 41 heavy (non-hydrogen) atoms. The third-order valence-electron chi connectivity index (χ3n) is 5.93. The molecule has 4 rings (SSSR count). The van der Waals surface area contributed by atoms with E-state index in [2.05, 4.69) is 37.9 Å². The Morgan fingerprint density at radius 2 is 1.80 bits per heavy atom. The third kappa shape index (κ3) is 8.18. The number of hydrogen-bond donors (Lipinski definition) is 2. The molecule has 3 N–H and O–H groups in total. The van der Waals surface area contributed by atoms with Crippen molar-refractivity contribution in [2.45, 2.75) is 38.8 Å². The Morgan fingerprint density at radius 1 is 1.10 bits per heavy atom. The molecule has 12 heteroatoms. The van der Waals surface area contributed by atoms with Crippen molar-refractivity contribution in [3.8, 4) is 5.75 Å². The lowest BCUT2D eigenvalue weighted by molar-refractivity contribution is -0.274. The fraction of sp³-hybridized carbons (Fsp3) is 0.241. The van der Waals surface area contributed by atoms with Gasteiger partial charge in [0.15, 0.2) is 10.9 Å². The predicted octanol–water partition coefficient (Wildman–Crippen LogP) is 6.25. The number of anilines is 1. The lowest BCUT2D eigenvalue weighted by Crippen LogP contribution is -2.45. The van der Waals surface area contributed by atoms with Crippen LogP contribution in [0, 0.1) is 0 Å². The van der Waals surface area contributed by atoms with E-state index in [4.69, 9.17) is 5.73 Å². The van der Waals surface area contributed by atoms with Crippen molar-refractivity contribution in [2.75, 3.05) is 10.7 Å². The zero-order chi connectivity index (χ0) is 29.5. The van der Waals surface area contributed by atoms with E-state index in [0.29, 0.717) is 22.2 Å². The number of halogens is 3. The van der Waals surface area contributed by atoms with E-state index >= 15 is 0 Å². The highest BCUT2D eigenvalue weighted by Gasteiger charge is 2.41. The van der Waals surface area contributed by atoms with Crippen LogP contribution in [-0.4, -0.2) is 46.5 Å². The van der Waals surface area contributed by atoms with Crippen molar-refractivity contribution in [1.82, 2.24) is 0 Å². The van der Waals surface area contributed by atoms with Gasteiger partial charge >= 0.3 is 6.36 Å². The zero-order valence-corrected chi connectivity index (χ0v) is 23.2. The molecule has 1 atom stereocenters. The number of ether oxygens (including phenoxy) is 1. The summed E-state index contributed by atoms with van der Waals surface area (Å²) in [5.74, 6) is 0.342. The molecule has 0 aliphatic carbocycles. The number of alkyl halides is 3. The molecule has 0 bridgehead atoms. The minimum Gasteiger partial charge on any atom is -0.406 e. The van der Waals surface area contributed by atoms with Crippen molar-refractivity contribution in [2.24, 2.45) is 25.9 Å². The molecule has 0 aromatic heterocycles. The van der Waals surface area contributed by atoms with E-state index in [0.717, 1.165) is 41.8 Å². The van der Waals surface area contributed by atoms with E-state index in [1.807, 2.05) is 35.2 Å². The van der Waals surface area contributed by atoms with Crippen LogP contribution in [0.1, 0.15) is 37.0 Å². The van der Waals surface area contributed by atoms with Crippen molar-refractivity contribution >= 4 is 46.7 Å². The Bertz CT molecular complexity index is 1450. The molecule has 1 aliphatic heterocycles. The molecule has 1 aliphatic rings. The van der Waals surface area contributed by atoms with Gasteiger partial charge in [0.1, 0.15) is 17.9 Å². The first kappa shape index (κ1) is 29.8. The molecule has 3 aromatic rings. The molecule has 3 aromatic carbocycles. The summed E-state index contributed by atoms with van der Waals surface area (Å²) in [5.41, 5.74) is 8.84. The van der Waals surface area contributed by atoms with Crippen molar-refractivity contribution in [3.05, 3.63) is 89.5 Å². The number of rotatable bonds is 9. The molecule has 8 nitrogen and oxygen atoms in total. The first-order chi connectivity index (χ1) is 19.6.